The summed E-state index contributed by atoms with van der Waals surface area (Å²) < 4.78 is 18.6. The third-order valence-electron chi connectivity index (χ3n) is 2.24. The summed E-state index contributed by atoms with van der Waals surface area (Å²) in [6, 6.07) is 1.34. The summed E-state index contributed by atoms with van der Waals surface area (Å²) in [4.78, 5) is 14.8. The summed E-state index contributed by atoms with van der Waals surface area (Å²) in [5.41, 5.74) is 0.313. The molecule has 1 aliphatic rings. The molecule has 1 aromatic heterocycles. The highest BCUT2D eigenvalue weighted by Gasteiger charge is 2.26. The van der Waals surface area contributed by atoms with Gasteiger partial charge in [-0.25, -0.2) is 4.39 Å². The summed E-state index contributed by atoms with van der Waals surface area (Å²) in [5, 5.41) is 0. The monoisotopic (exact) mass is 194 g/mol. The van der Waals surface area contributed by atoms with Crippen LogP contribution < -0.4 is 0 Å². The van der Waals surface area contributed by atoms with E-state index in [1.807, 2.05) is 0 Å². The molecule has 2 heterocycles. The zero-order valence-electron chi connectivity index (χ0n) is 7.50. The first-order chi connectivity index (χ1) is 6.70. The molecule has 0 spiro atoms. The van der Waals surface area contributed by atoms with Crippen LogP contribution in [0.25, 0.3) is 0 Å². The number of ether oxygens (including phenoxy) is 1. The molecule has 0 bridgehead atoms. The maximum atomic E-state index is 13.6. The average Bonchev–Trinajstić information content (AvgIpc) is 2.04. The molecule has 1 radical (unpaired) electrons. The van der Waals surface area contributed by atoms with E-state index in [-0.39, 0.29) is 11.5 Å². The first-order valence-corrected chi connectivity index (χ1v) is 4.28. The smallest absolute Gasteiger partial charge is 0.166 e. The van der Waals surface area contributed by atoms with Crippen LogP contribution in [0.15, 0.2) is 12.3 Å². The largest absolute Gasteiger partial charge is 0.380 e. The van der Waals surface area contributed by atoms with E-state index in [0.717, 1.165) is 0 Å². The van der Waals surface area contributed by atoms with Gasteiger partial charge >= 0.3 is 0 Å². The van der Waals surface area contributed by atoms with Gasteiger partial charge < -0.3 is 4.74 Å². The van der Waals surface area contributed by atoms with Gasteiger partial charge in [0.25, 0.3) is 0 Å². The number of pyridine rings is 1. The highest BCUT2D eigenvalue weighted by atomic mass is 19.1. The summed E-state index contributed by atoms with van der Waals surface area (Å²) in [6.45, 7) is 4.12. The summed E-state index contributed by atoms with van der Waals surface area (Å²) >= 11 is 0. The Kier molecular flexibility index (Phi) is 2.29. The molecule has 73 valence electrons. The summed E-state index contributed by atoms with van der Waals surface area (Å²) in [7, 11) is 0. The maximum Gasteiger partial charge on any atom is 0.166 e. The zero-order chi connectivity index (χ0) is 10.1. The normalized spacial score (nSPS) is 16.4. The Balaban J connectivity index is 2.40. The van der Waals surface area contributed by atoms with Gasteiger partial charge in [0.05, 0.1) is 30.4 Å². The fourth-order valence-corrected chi connectivity index (χ4v) is 1.35. The standard InChI is InChI=1S/C10H9FNO2/c1-6(13)8-2-3-12-10(9(8)11)7-4-14-5-7/h2-3,7H,1,4-5H2. The second-order valence-electron chi connectivity index (χ2n) is 3.22. The SMILES string of the molecule is [CH2]C(=O)c1ccnc(C2COC2)c1F. The second kappa shape index (κ2) is 3.46. The van der Waals surface area contributed by atoms with E-state index in [1.54, 1.807) is 0 Å². The van der Waals surface area contributed by atoms with E-state index >= 15 is 0 Å². The lowest BCUT2D eigenvalue weighted by Gasteiger charge is -2.25. The van der Waals surface area contributed by atoms with Crippen molar-refractivity contribution in [2.45, 2.75) is 5.92 Å². The Morgan fingerprint density at radius 1 is 1.64 bits per heavy atom. The molecule has 0 amide bonds. The lowest BCUT2D eigenvalue weighted by molar-refractivity contribution is 0.00513. The van der Waals surface area contributed by atoms with Gasteiger partial charge in [-0.15, -0.1) is 0 Å². The van der Waals surface area contributed by atoms with Crippen molar-refractivity contribution in [3.63, 3.8) is 0 Å². The average molecular weight is 194 g/mol. The molecule has 0 aliphatic carbocycles. The summed E-state index contributed by atoms with van der Waals surface area (Å²) in [5.74, 6) is -1.10. The van der Waals surface area contributed by atoms with E-state index in [0.29, 0.717) is 18.9 Å². The predicted octanol–water partition coefficient (Wildman–Crippen LogP) is 1.35. The number of rotatable bonds is 2. The Hall–Kier alpha value is -1.29. The molecule has 2 rings (SSSR count). The van der Waals surface area contributed by atoms with Crippen LogP contribution in [-0.2, 0) is 4.74 Å². The number of nitrogens with zero attached hydrogens (tertiary/aromatic N) is 1. The molecule has 0 atom stereocenters. The van der Waals surface area contributed by atoms with E-state index < -0.39 is 11.6 Å². The molecule has 1 saturated heterocycles. The van der Waals surface area contributed by atoms with Gasteiger partial charge in [-0.3, -0.25) is 9.78 Å². The number of carbonyl (C=O) groups is 1. The molecule has 0 unspecified atom stereocenters. The van der Waals surface area contributed by atoms with Crippen LogP contribution in [-0.4, -0.2) is 24.0 Å². The third-order valence-corrected chi connectivity index (χ3v) is 2.24. The van der Waals surface area contributed by atoms with Gasteiger partial charge in [0.15, 0.2) is 11.6 Å². The molecule has 1 fully saturated rings. The number of hydrogen-bond acceptors (Lipinski definition) is 3. The van der Waals surface area contributed by atoms with Crippen molar-refractivity contribution in [2.24, 2.45) is 0 Å². The third kappa shape index (κ3) is 1.42. The molecule has 0 saturated carbocycles. The first-order valence-electron chi connectivity index (χ1n) is 4.28. The Labute approximate surface area is 80.9 Å². The lowest BCUT2D eigenvalue weighted by Crippen LogP contribution is -2.27. The van der Waals surface area contributed by atoms with Gasteiger partial charge in [-0.05, 0) is 6.07 Å². The zero-order valence-corrected chi connectivity index (χ0v) is 7.50. The molecule has 4 heteroatoms. The molecule has 1 aliphatic heterocycles. The predicted molar refractivity (Wildman–Crippen MR) is 47.4 cm³/mol. The number of halogens is 1. The number of ketones is 1. The van der Waals surface area contributed by atoms with Crippen LogP contribution in [0.5, 0.6) is 0 Å². The molecular weight excluding hydrogens is 185 g/mol. The maximum absolute atomic E-state index is 13.6. The quantitative estimate of drug-likeness (QED) is 0.667. The van der Waals surface area contributed by atoms with E-state index in [2.05, 4.69) is 11.9 Å². The molecule has 0 N–H and O–H groups in total. The number of aromatic nitrogens is 1. The molecule has 3 nitrogen and oxygen atoms in total. The van der Waals surface area contributed by atoms with Gasteiger partial charge in [-0.2, -0.15) is 0 Å². The van der Waals surface area contributed by atoms with Crippen molar-refractivity contribution >= 4 is 5.78 Å². The van der Waals surface area contributed by atoms with Gasteiger partial charge in [0, 0.05) is 13.1 Å². The van der Waals surface area contributed by atoms with Crippen LogP contribution in [0.1, 0.15) is 22.0 Å². The van der Waals surface area contributed by atoms with E-state index in [9.17, 15) is 9.18 Å². The lowest BCUT2D eigenvalue weighted by atomic mass is 10.00. The van der Waals surface area contributed by atoms with Crippen LogP contribution in [0.4, 0.5) is 4.39 Å². The highest BCUT2D eigenvalue weighted by molar-refractivity contribution is 5.99. The van der Waals surface area contributed by atoms with Gasteiger partial charge in [0.1, 0.15) is 0 Å². The Morgan fingerprint density at radius 3 is 2.86 bits per heavy atom. The Bertz CT molecular complexity index is 374. The molecular formula is C10H9FNO2. The van der Waals surface area contributed by atoms with Crippen LogP contribution in [0.2, 0.25) is 0 Å². The van der Waals surface area contributed by atoms with Crippen molar-refractivity contribution in [2.75, 3.05) is 13.2 Å². The minimum absolute atomic E-state index is 0.00176. The van der Waals surface area contributed by atoms with Crippen molar-refractivity contribution in [3.05, 3.63) is 36.3 Å². The topological polar surface area (TPSA) is 39.2 Å². The molecule has 0 aromatic carbocycles. The number of hydrogen-bond donors (Lipinski definition) is 0. The minimum Gasteiger partial charge on any atom is -0.380 e. The molecule has 14 heavy (non-hydrogen) atoms. The van der Waals surface area contributed by atoms with Crippen molar-refractivity contribution < 1.29 is 13.9 Å². The van der Waals surface area contributed by atoms with Crippen molar-refractivity contribution in [3.8, 4) is 0 Å². The van der Waals surface area contributed by atoms with Gasteiger partial charge in [-0.1, -0.05) is 0 Å². The highest BCUT2D eigenvalue weighted by Crippen LogP contribution is 2.25. The number of Topliss-reactive ketones (excluding diaryl/α,β-unsaturated/α-hetero) is 1. The number of carbonyl (C=O) groups excluding carboxylic acids is 1. The first kappa shape index (κ1) is 9.27. The van der Waals surface area contributed by atoms with Crippen LogP contribution in [0.3, 0.4) is 0 Å². The Morgan fingerprint density at radius 2 is 2.36 bits per heavy atom. The van der Waals surface area contributed by atoms with E-state index in [4.69, 9.17) is 4.74 Å². The summed E-state index contributed by atoms with van der Waals surface area (Å²) in [6.07, 6.45) is 1.43. The molecule has 1 aromatic rings. The van der Waals surface area contributed by atoms with Crippen LogP contribution in [0, 0.1) is 12.7 Å². The fourth-order valence-electron chi connectivity index (χ4n) is 1.35. The van der Waals surface area contributed by atoms with Crippen molar-refractivity contribution in [1.82, 2.24) is 4.98 Å². The fraction of sp³-hybridized carbons (Fsp3) is 0.300. The van der Waals surface area contributed by atoms with Gasteiger partial charge in [0.2, 0.25) is 0 Å². The van der Waals surface area contributed by atoms with E-state index in [1.165, 1.54) is 12.3 Å². The second-order valence-corrected chi connectivity index (χ2v) is 3.22. The minimum atomic E-state index is -0.555. The van der Waals surface area contributed by atoms with Crippen molar-refractivity contribution in [1.29, 1.82) is 0 Å². The van der Waals surface area contributed by atoms with Crippen LogP contribution >= 0.6 is 0 Å².